The van der Waals surface area contributed by atoms with Gasteiger partial charge in [0, 0.05) is 5.92 Å². The molecule has 1 atom stereocenters. The minimum absolute atomic E-state index is 0.0205. The fourth-order valence-corrected chi connectivity index (χ4v) is 4.12. The van der Waals surface area contributed by atoms with Crippen LogP contribution in [-0.4, -0.2) is 32.5 Å². The van der Waals surface area contributed by atoms with Gasteiger partial charge in [-0.05, 0) is 38.0 Å². The van der Waals surface area contributed by atoms with E-state index in [9.17, 15) is 9.36 Å². The summed E-state index contributed by atoms with van der Waals surface area (Å²) in [6.07, 6.45) is 2.35. The average molecular weight is 327 g/mol. The largest absolute Gasteiger partial charge is 0.454 e. The molecular formula is C15H20O6P. The molecule has 0 amide bonds. The van der Waals surface area contributed by atoms with E-state index in [4.69, 9.17) is 18.5 Å². The zero-order valence-electron chi connectivity index (χ0n) is 12.7. The number of hydrogen-bond donors (Lipinski definition) is 0. The summed E-state index contributed by atoms with van der Waals surface area (Å²) < 4.78 is 33.5. The van der Waals surface area contributed by atoms with Gasteiger partial charge in [0.05, 0.1) is 19.4 Å². The maximum absolute atomic E-state index is 12.5. The summed E-state index contributed by atoms with van der Waals surface area (Å²) in [4.78, 5) is 11.2. The lowest BCUT2D eigenvalue weighted by atomic mass is 10.0. The molecule has 0 aromatic heterocycles. The average Bonchev–Trinajstić information content (AvgIpc) is 2.94. The lowest BCUT2D eigenvalue weighted by Crippen LogP contribution is -2.14. The normalized spacial score (nSPS) is 14.8. The highest BCUT2D eigenvalue weighted by Crippen LogP contribution is 2.49. The van der Waals surface area contributed by atoms with Crippen LogP contribution in [0.15, 0.2) is 18.2 Å². The minimum atomic E-state index is -3.26. The Morgan fingerprint density at radius 2 is 1.91 bits per heavy atom. The van der Waals surface area contributed by atoms with Crippen molar-refractivity contribution in [3.63, 3.8) is 0 Å². The fourth-order valence-electron chi connectivity index (χ4n) is 2.30. The van der Waals surface area contributed by atoms with Crippen molar-refractivity contribution in [1.82, 2.24) is 0 Å². The zero-order chi connectivity index (χ0) is 16.0. The Morgan fingerprint density at radius 3 is 2.55 bits per heavy atom. The van der Waals surface area contributed by atoms with Gasteiger partial charge in [0.1, 0.15) is 0 Å². The van der Waals surface area contributed by atoms with Crippen LogP contribution in [0.25, 0.3) is 0 Å². The van der Waals surface area contributed by atoms with Crippen LogP contribution in [0.2, 0.25) is 0 Å². The Bertz CT molecular complexity index is 549. The van der Waals surface area contributed by atoms with Crippen LogP contribution >= 0.6 is 7.60 Å². The molecule has 1 heterocycles. The van der Waals surface area contributed by atoms with Crippen LogP contribution in [0, 0.1) is 5.92 Å². The first kappa shape index (κ1) is 17.0. The maximum atomic E-state index is 12.5. The minimum Gasteiger partial charge on any atom is -0.454 e. The monoisotopic (exact) mass is 327 g/mol. The van der Waals surface area contributed by atoms with E-state index >= 15 is 0 Å². The first-order valence-corrected chi connectivity index (χ1v) is 8.97. The third kappa shape index (κ3) is 4.32. The van der Waals surface area contributed by atoms with Gasteiger partial charge in [-0.3, -0.25) is 9.36 Å². The highest BCUT2D eigenvalue weighted by molar-refractivity contribution is 7.53. The molecule has 0 spiro atoms. The second-order valence-corrected chi connectivity index (χ2v) is 6.94. The van der Waals surface area contributed by atoms with Gasteiger partial charge >= 0.3 is 7.60 Å². The van der Waals surface area contributed by atoms with Gasteiger partial charge in [-0.1, -0.05) is 6.07 Å². The summed E-state index contributed by atoms with van der Waals surface area (Å²) in [6, 6.07) is 5.47. The SMILES string of the molecule is CCOP(=O)(CC([C]=O)Cc1ccc2c(c1)OCO2)OCC. The van der Waals surface area contributed by atoms with Crippen molar-refractivity contribution in [3.05, 3.63) is 23.8 Å². The molecule has 1 aliphatic heterocycles. The van der Waals surface area contributed by atoms with Crippen molar-refractivity contribution in [2.45, 2.75) is 20.3 Å². The van der Waals surface area contributed by atoms with Crippen molar-refractivity contribution in [2.24, 2.45) is 5.92 Å². The molecule has 6 nitrogen and oxygen atoms in total. The van der Waals surface area contributed by atoms with Gasteiger partial charge in [-0.25, -0.2) is 0 Å². The van der Waals surface area contributed by atoms with Crippen molar-refractivity contribution in [1.29, 1.82) is 0 Å². The number of carbonyl (C=O) groups excluding carboxylic acids is 1. The van der Waals surface area contributed by atoms with Gasteiger partial charge in [-0.15, -0.1) is 0 Å². The van der Waals surface area contributed by atoms with Gasteiger partial charge in [0.2, 0.25) is 13.1 Å². The van der Waals surface area contributed by atoms with Crippen molar-refractivity contribution in [3.8, 4) is 11.5 Å². The standard InChI is InChI=1S/C15H20O6P/c1-3-20-22(17,21-4-2)10-13(9-16)7-12-5-6-14-15(8-12)19-11-18-14/h5-6,8,13H,3-4,7,10-11H2,1-2H3. The second-order valence-electron chi connectivity index (χ2n) is 4.84. The maximum Gasteiger partial charge on any atom is 0.331 e. The molecule has 0 saturated heterocycles. The third-order valence-corrected chi connectivity index (χ3v) is 5.37. The van der Waals surface area contributed by atoms with Crippen molar-refractivity contribution >= 4 is 13.9 Å². The Balaban J connectivity index is 2.05. The molecule has 0 N–H and O–H groups in total. The summed E-state index contributed by atoms with van der Waals surface area (Å²) in [7, 11) is -3.26. The molecule has 1 unspecified atom stereocenters. The first-order chi connectivity index (χ1) is 10.6. The smallest absolute Gasteiger partial charge is 0.331 e. The predicted octanol–water partition coefficient (Wildman–Crippen LogP) is 2.95. The predicted molar refractivity (Wildman–Crippen MR) is 81.2 cm³/mol. The Kier molecular flexibility index (Phi) is 6.00. The topological polar surface area (TPSA) is 71.1 Å². The van der Waals surface area contributed by atoms with Gasteiger partial charge in [-0.2, -0.15) is 0 Å². The molecular weight excluding hydrogens is 307 g/mol. The first-order valence-electron chi connectivity index (χ1n) is 7.24. The molecule has 0 bridgehead atoms. The second kappa shape index (κ2) is 7.77. The lowest BCUT2D eigenvalue weighted by molar-refractivity contribution is 0.174. The summed E-state index contributed by atoms with van der Waals surface area (Å²) in [6.45, 7) is 4.22. The fraction of sp³-hybridized carbons (Fsp3) is 0.533. The van der Waals surface area contributed by atoms with Crippen LogP contribution in [0.5, 0.6) is 11.5 Å². The number of benzene rings is 1. The molecule has 1 radical (unpaired) electrons. The highest BCUT2D eigenvalue weighted by Gasteiger charge is 2.29. The highest BCUT2D eigenvalue weighted by atomic mass is 31.2. The van der Waals surface area contributed by atoms with Crippen LogP contribution in [-0.2, 0) is 24.8 Å². The quantitative estimate of drug-likeness (QED) is 0.649. The van der Waals surface area contributed by atoms with Crippen LogP contribution in [0.3, 0.4) is 0 Å². The van der Waals surface area contributed by atoms with Crippen LogP contribution in [0.1, 0.15) is 19.4 Å². The van der Waals surface area contributed by atoms with E-state index in [0.717, 1.165) is 5.56 Å². The number of fused-ring (bicyclic) bond motifs is 1. The summed E-state index contributed by atoms with van der Waals surface area (Å²) in [5.41, 5.74) is 0.886. The van der Waals surface area contributed by atoms with E-state index in [1.165, 1.54) is 0 Å². The van der Waals surface area contributed by atoms with E-state index in [0.29, 0.717) is 17.9 Å². The summed E-state index contributed by atoms with van der Waals surface area (Å²) in [5, 5.41) is 0. The third-order valence-electron chi connectivity index (χ3n) is 3.18. The van der Waals surface area contributed by atoms with E-state index in [1.807, 2.05) is 18.4 Å². The molecule has 0 fully saturated rings. The van der Waals surface area contributed by atoms with E-state index in [2.05, 4.69) is 0 Å². The molecule has 1 aromatic rings. The lowest BCUT2D eigenvalue weighted by Gasteiger charge is -2.19. The molecule has 0 saturated carbocycles. The van der Waals surface area contributed by atoms with Crippen molar-refractivity contribution < 1.29 is 27.9 Å². The number of rotatable bonds is 9. The molecule has 2 rings (SSSR count). The molecule has 1 aliphatic rings. The summed E-state index contributed by atoms with van der Waals surface area (Å²) >= 11 is 0. The Hall–Kier alpha value is -1.36. The molecule has 7 heteroatoms. The molecule has 22 heavy (non-hydrogen) atoms. The Morgan fingerprint density at radius 1 is 1.23 bits per heavy atom. The van der Waals surface area contributed by atoms with Crippen LogP contribution < -0.4 is 9.47 Å². The molecule has 121 valence electrons. The van der Waals surface area contributed by atoms with E-state index in [-0.39, 0.29) is 26.2 Å². The van der Waals surface area contributed by atoms with E-state index in [1.54, 1.807) is 19.9 Å². The van der Waals surface area contributed by atoms with Gasteiger partial charge in [0.15, 0.2) is 11.5 Å². The zero-order valence-corrected chi connectivity index (χ0v) is 13.6. The molecule has 1 aromatic carbocycles. The van der Waals surface area contributed by atoms with Gasteiger partial charge in [0.25, 0.3) is 0 Å². The molecule has 0 aliphatic carbocycles. The number of hydrogen-bond acceptors (Lipinski definition) is 6. The van der Waals surface area contributed by atoms with Crippen molar-refractivity contribution in [2.75, 3.05) is 26.2 Å². The van der Waals surface area contributed by atoms with E-state index < -0.39 is 13.5 Å². The number of ether oxygens (including phenoxy) is 2. The summed E-state index contributed by atoms with van der Waals surface area (Å²) in [5.74, 6) is 0.772. The van der Waals surface area contributed by atoms with Gasteiger partial charge < -0.3 is 18.5 Å². The van der Waals surface area contributed by atoms with Crippen LogP contribution in [0.4, 0.5) is 0 Å². The Labute approximate surface area is 130 Å².